The van der Waals surface area contributed by atoms with Crippen molar-refractivity contribution in [2.75, 3.05) is 19.7 Å². The molecule has 0 aromatic carbocycles. The van der Waals surface area contributed by atoms with Crippen LogP contribution >= 0.6 is 0 Å². The minimum Gasteiger partial charge on any atom is -0.396 e. The maximum Gasteiger partial charge on any atom is 0.222 e. The van der Waals surface area contributed by atoms with Crippen molar-refractivity contribution >= 4 is 5.91 Å². The molecule has 12 heavy (non-hydrogen) atoms. The predicted molar refractivity (Wildman–Crippen MR) is 46.7 cm³/mol. The zero-order valence-corrected chi connectivity index (χ0v) is 7.20. The van der Waals surface area contributed by atoms with E-state index in [1.165, 1.54) is 0 Å². The number of rotatable bonds is 3. The summed E-state index contributed by atoms with van der Waals surface area (Å²) in [5.74, 6) is 0.161. The first-order chi connectivity index (χ1) is 5.84. The molecule has 0 fully saturated rings. The molecule has 0 aromatic rings. The highest BCUT2D eigenvalue weighted by Gasteiger charge is 2.12. The summed E-state index contributed by atoms with van der Waals surface area (Å²) in [6, 6.07) is 0. The van der Waals surface area contributed by atoms with Crippen molar-refractivity contribution in [2.24, 2.45) is 0 Å². The van der Waals surface area contributed by atoms with E-state index in [0.29, 0.717) is 12.8 Å². The van der Waals surface area contributed by atoms with Gasteiger partial charge in [0.05, 0.1) is 0 Å². The lowest BCUT2D eigenvalue weighted by Gasteiger charge is -2.23. The van der Waals surface area contributed by atoms with Crippen molar-refractivity contribution < 1.29 is 9.90 Å². The monoisotopic (exact) mass is 169 g/mol. The van der Waals surface area contributed by atoms with Gasteiger partial charge in [-0.15, -0.1) is 0 Å². The average molecular weight is 169 g/mol. The van der Waals surface area contributed by atoms with E-state index in [0.717, 1.165) is 19.5 Å². The van der Waals surface area contributed by atoms with Crippen LogP contribution in [0.25, 0.3) is 0 Å². The highest BCUT2D eigenvalue weighted by Crippen LogP contribution is 2.04. The first-order valence-corrected chi connectivity index (χ1v) is 4.38. The Balaban J connectivity index is 2.26. The summed E-state index contributed by atoms with van der Waals surface area (Å²) in [4.78, 5) is 13.2. The lowest BCUT2D eigenvalue weighted by atomic mass is 10.2. The first-order valence-electron chi connectivity index (χ1n) is 4.38. The van der Waals surface area contributed by atoms with E-state index in [1.54, 1.807) is 0 Å². The molecule has 0 radical (unpaired) electrons. The third-order valence-corrected chi connectivity index (χ3v) is 1.96. The smallest absolute Gasteiger partial charge is 0.222 e. The molecule has 3 nitrogen and oxygen atoms in total. The number of hydrogen-bond donors (Lipinski definition) is 1. The Morgan fingerprint density at radius 3 is 2.92 bits per heavy atom. The Morgan fingerprint density at radius 2 is 2.33 bits per heavy atom. The minimum absolute atomic E-state index is 0.107. The molecule has 0 saturated heterocycles. The van der Waals surface area contributed by atoms with Gasteiger partial charge < -0.3 is 10.0 Å². The molecule has 1 rings (SSSR count). The summed E-state index contributed by atoms with van der Waals surface area (Å²) >= 11 is 0. The molecule has 68 valence electrons. The topological polar surface area (TPSA) is 40.5 Å². The molecule has 1 aliphatic heterocycles. The summed E-state index contributed by atoms with van der Waals surface area (Å²) in [5.41, 5.74) is 0. The van der Waals surface area contributed by atoms with Crippen LogP contribution in [0.5, 0.6) is 0 Å². The maximum atomic E-state index is 11.3. The average Bonchev–Trinajstić information content (AvgIpc) is 2.15. The van der Waals surface area contributed by atoms with Gasteiger partial charge in [-0.1, -0.05) is 12.2 Å². The fraction of sp³-hybridized carbons (Fsp3) is 0.667. The lowest BCUT2D eigenvalue weighted by molar-refractivity contribution is -0.131. The fourth-order valence-corrected chi connectivity index (χ4v) is 1.26. The minimum atomic E-state index is 0.107. The summed E-state index contributed by atoms with van der Waals surface area (Å²) in [7, 11) is 0. The van der Waals surface area contributed by atoms with E-state index in [9.17, 15) is 4.79 Å². The second kappa shape index (κ2) is 4.93. The SMILES string of the molecule is O=C(CCCO)N1CC=CCC1. The molecule has 1 N–H and O–H groups in total. The molecular formula is C9H15NO2. The Labute approximate surface area is 72.7 Å². The van der Waals surface area contributed by atoms with E-state index in [4.69, 9.17) is 5.11 Å². The molecule has 0 aliphatic carbocycles. The first kappa shape index (κ1) is 9.26. The van der Waals surface area contributed by atoms with Gasteiger partial charge in [0.1, 0.15) is 0 Å². The van der Waals surface area contributed by atoms with Crippen LogP contribution in [0.4, 0.5) is 0 Å². The largest absolute Gasteiger partial charge is 0.396 e. The molecule has 0 saturated carbocycles. The van der Waals surface area contributed by atoms with E-state index in [2.05, 4.69) is 6.08 Å². The van der Waals surface area contributed by atoms with Gasteiger partial charge in [0.2, 0.25) is 5.91 Å². The van der Waals surface area contributed by atoms with Gasteiger partial charge in [-0.3, -0.25) is 4.79 Å². The quantitative estimate of drug-likeness (QED) is 0.627. The predicted octanol–water partition coefficient (Wildman–Crippen LogP) is 0.547. The van der Waals surface area contributed by atoms with Crippen LogP contribution in [0.1, 0.15) is 19.3 Å². The Hall–Kier alpha value is -0.830. The fourth-order valence-electron chi connectivity index (χ4n) is 1.26. The summed E-state index contributed by atoms with van der Waals surface area (Å²) in [5, 5.41) is 8.53. The van der Waals surface area contributed by atoms with Crippen LogP contribution in [-0.4, -0.2) is 35.6 Å². The number of carbonyl (C=O) groups is 1. The standard InChI is InChI=1S/C9H15NO2/c11-8-4-5-9(12)10-6-2-1-3-7-10/h1-2,11H,3-8H2. The molecule has 0 spiro atoms. The van der Waals surface area contributed by atoms with Crippen LogP contribution in [0.2, 0.25) is 0 Å². The van der Waals surface area contributed by atoms with Crippen molar-refractivity contribution in [3.8, 4) is 0 Å². The molecular weight excluding hydrogens is 154 g/mol. The second-order valence-corrected chi connectivity index (χ2v) is 2.93. The summed E-state index contributed by atoms with van der Waals surface area (Å²) in [6.45, 7) is 1.68. The number of hydrogen-bond acceptors (Lipinski definition) is 2. The van der Waals surface area contributed by atoms with E-state index in [1.807, 2.05) is 11.0 Å². The van der Waals surface area contributed by atoms with Gasteiger partial charge in [0.15, 0.2) is 0 Å². The lowest BCUT2D eigenvalue weighted by Crippen LogP contribution is -2.33. The zero-order chi connectivity index (χ0) is 8.81. The summed E-state index contributed by atoms with van der Waals surface area (Å²) < 4.78 is 0. The number of carbonyl (C=O) groups excluding carboxylic acids is 1. The van der Waals surface area contributed by atoms with Gasteiger partial charge in [0.25, 0.3) is 0 Å². The van der Waals surface area contributed by atoms with Crippen molar-refractivity contribution in [3.05, 3.63) is 12.2 Å². The van der Waals surface area contributed by atoms with Crippen LogP contribution in [0, 0.1) is 0 Å². The Kier molecular flexibility index (Phi) is 3.80. The molecule has 0 bridgehead atoms. The normalized spacial score (nSPS) is 16.6. The molecule has 0 unspecified atom stereocenters. The highest BCUT2D eigenvalue weighted by molar-refractivity contribution is 5.76. The number of aliphatic hydroxyl groups excluding tert-OH is 1. The van der Waals surface area contributed by atoms with Gasteiger partial charge >= 0.3 is 0 Å². The molecule has 1 amide bonds. The number of nitrogens with zero attached hydrogens (tertiary/aromatic N) is 1. The van der Waals surface area contributed by atoms with Crippen LogP contribution in [-0.2, 0) is 4.79 Å². The van der Waals surface area contributed by atoms with Crippen molar-refractivity contribution in [3.63, 3.8) is 0 Å². The molecule has 1 aliphatic rings. The van der Waals surface area contributed by atoms with Gasteiger partial charge in [-0.2, -0.15) is 0 Å². The maximum absolute atomic E-state index is 11.3. The highest BCUT2D eigenvalue weighted by atomic mass is 16.3. The molecule has 3 heteroatoms. The number of aliphatic hydroxyl groups is 1. The molecule has 0 atom stereocenters. The third kappa shape index (κ3) is 2.66. The Morgan fingerprint density at radius 1 is 1.50 bits per heavy atom. The zero-order valence-electron chi connectivity index (χ0n) is 7.20. The van der Waals surface area contributed by atoms with E-state index in [-0.39, 0.29) is 12.5 Å². The van der Waals surface area contributed by atoms with Crippen molar-refractivity contribution in [1.82, 2.24) is 4.90 Å². The van der Waals surface area contributed by atoms with Crippen LogP contribution in [0.3, 0.4) is 0 Å². The number of amides is 1. The van der Waals surface area contributed by atoms with Gasteiger partial charge in [-0.05, 0) is 12.8 Å². The van der Waals surface area contributed by atoms with Gasteiger partial charge in [0, 0.05) is 26.1 Å². The van der Waals surface area contributed by atoms with E-state index < -0.39 is 0 Å². The van der Waals surface area contributed by atoms with Crippen LogP contribution < -0.4 is 0 Å². The summed E-state index contributed by atoms with van der Waals surface area (Å²) in [6.07, 6.45) is 6.13. The Bertz CT molecular complexity index is 177. The van der Waals surface area contributed by atoms with Crippen LogP contribution in [0.15, 0.2) is 12.2 Å². The molecule has 0 aromatic heterocycles. The van der Waals surface area contributed by atoms with E-state index >= 15 is 0 Å². The van der Waals surface area contributed by atoms with Crippen molar-refractivity contribution in [2.45, 2.75) is 19.3 Å². The van der Waals surface area contributed by atoms with Gasteiger partial charge in [-0.25, -0.2) is 0 Å². The molecule has 1 heterocycles. The second-order valence-electron chi connectivity index (χ2n) is 2.93. The third-order valence-electron chi connectivity index (χ3n) is 1.96. The van der Waals surface area contributed by atoms with Crippen molar-refractivity contribution in [1.29, 1.82) is 0 Å².